The highest BCUT2D eigenvalue weighted by molar-refractivity contribution is 5.85. The Kier molecular flexibility index (Phi) is 3.77. The first-order valence-electron chi connectivity index (χ1n) is 8.70. The van der Waals surface area contributed by atoms with Gasteiger partial charge in [-0.2, -0.15) is 0 Å². The van der Waals surface area contributed by atoms with Gasteiger partial charge in [0.05, 0.1) is 25.3 Å². The minimum Gasteiger partial charge on any atom is -1.00 e. The number of para-hydroxylation sites is 1. The summed E-state index contributed by atoms with van der Waals surface area (Å²) in [6, 6.07) is 19.0. The molecule has 0 saturated heterocycles. The lowest BCUT2D eigenvalue weighted by atomic mass is 9.81. The molecule has 5 rings (SSSR count). The highest BCUT2D eigenvalue weighted by atomic mass is 127. The Morgan fingerprint density at radius 3 is 2.67 bits per heavy atom. The molecule has 0 aliphatic carbocycles. The van der Waals surface area contributed by atoms with Crippen molar-refractivity contribution in [2.45, 2.75) is 31.8 Å². The van der Waals surface area contributed by atoms with Gasteiger partial charge in [0.25, 0.3) is 0 Å². The lowest BCUT2D eigenvalue weighted by molar-refractivity contribution is -0.959. The van der Waals surface area contributed by atoms with Crippen molar-refractivity contribution in [2.24, 2.45) is 0 Å². The average molecular weight is 430 g/mol. The maximum atomic E-state index is 3.79. The molecule has 1 aromatic heterocycles. The van der Waals surface area contributed by atoms with Crippen LogP contribution in [0.4, 0.5) is 0 Å². The fourth-order valence-corrected chi connectivity index (χ4v) is 4.94. The van der Waals surface area contributed by atoms with E-state index in [1.54, 1.807) is 5.56 Å². The Balaban J connectivity index is 0.00000146. The molecule has 3 atom stereocenters. The van der Waals surface area contributed by atoms with Crippen LogP contribution in [0.25, 0.3) is 10.9 Å². The number of hydrogen-bond donors (Lipinski definition) is 1. The van der Waals surface area contributed by atoms with Crippen LogP contribution < -0.4 is 24.0 Å². The number of halogens is 1. The van der Waals surface area contributed by atoms with Gasteiger partial charge in [0, 0.05) is 29.3 Å². The fourth-order valence-electron chi connectivity index (χ4n) is 4.94. The molecule has 24 heavy (non-hydrogen) atoms. The maximum absolute atomic E-state index is 3.79. The number of aromatic amines is 1. The number of H-pyrrole nitrogens is 1. The van der Waals surface area contributed by atoms with E-state index in [2.05, 4.69) is 67.5 Å². The first kappa shape index (κ1) is 16.2. The number of quaternary nitrogens is 1. The smallest absolute Gasteiger partial charge is 0.156 e. The Labute approximate surface area is 160 Å². The van der Waals surface area contributed by atoms with Crippen LogP contribution >= 0.6 is 0 Å². The maximum Gasteiger partial charge on any atom is 0.156 e. The van der Waals surface area contributed by atoms with Gasteiger partial charge in [-0.25, -0.2) is 0 Å². The largest absolute Gasteiger partial charge is 1.00 e. The van der Waals surface area contributed by atoms with E-state index in [4.69, 9.17) is 0 Å². The topological polar surface area (TPSA) is 15.8 Å². The third-order valence-corrected chi connectivity index (χ3v) is 6.43. The molecule has 124 valence electrons. The number of fused-ring (bicyclic) bond motifs is 7. The van der Waals surface area contributed by atoms with E-state index in [-0.39, 0.29) is 24.0 Å². The van der Waals surface area contributed by atoms with E-state index in [9.17, 15) is 0 Å². The Bertz CT molecular complexity index is 913. The SMILES string of the molecule is CC1Cc2c([nH]c3ccccc23)C2c3ccccc3CC[N+]12C.[I-]. The summed E-state index contributed by atoms with van der Waals surface area (Å²) in [6.07, 6.45) is 2.37. The van der Waals surface area contributed by atoms with Crippen molar-refractivity contribution >= 4 is 10.9 Å². The highest BCUT2D eigenvalue weighted by Gasteiger charge is 2.48. The lowest BCUT2D eigenvalue weighted by Crippen LogP contribution is -3.00. The molecule has 3 heterocycles. The van der Waals surface area contributed by atoms with E-state index in [1.807, 2.05) is 0 Å². The molecule has 2 aromatic carbocycles. The molecule has 0 amide bonds. The number of rotatable bonds is 0. The minimum atomic E-state index is 0. The van der Waals surface area contributed by atoms with Gasteiger partial charge in [0.2, 0.25) is 0 Å². The van der Waals surface area contributed by atoms with Crippen molar-refractivity contribution in [1.29, 1.82) is 0 Å². The molecule has 0 saturated carbocycles. The fraction of sp³-hybridized carbons (Fsp3) is 0.333. The molecule has 2 aliphatic rings. The number of nitrogens with one attached hydrogen (secondary N) is 1. The predicted molar refractivity (Wildman–Crippen MR) is 94.5 cm³/mol. The van der Waals surface area contributed by atoms with Crippen molar-refractivity contribution in [1.82, 2.24) is 4.98 Å². The molecule has 1 N–H and O–H groups in total. The van der Waals surface area contributed by atoms with Gasteiger partial charge in [-0.05, 0) is 24.1 Å². The molecule has 3 heteroatoms. The second kappa shape index (κ2) is 5.60. The zero-order valence-electron chi connectivity index (χ0n) is 14.2. The number of benzene rings is 2. The second-order valence-corrected chi connectivity index (χ2v) is 7.54. The normalized spacial score (nSPS) is 27.8. The van der Waals surface area contributed by atoms with Crippen molar-refractivity contribution in [3.05, 3.63) is 70.9 Å². The van der Waals surface area contributed by atoms with E-state index in [0.29, 0.717) is 12.1 Å². The van der Waals surface area contributed by atoms with Crippen molar-refractivity contribution < 1.29 is 28.5 Å². The Morgan fingerprint density at radius 2 is 1.79 bits per heavy atom. The standard InChI is InChI=1S/C21H23N2.HI/c1-14-13-18-17-9-5-6-10-19(17)22-20(18)21-16-8-4-3-7-15(16)11-12-23(14,21)2;/h3-10,14,21-22H,11-13H2,1-2H3;1H/q+1;/p-1. The molecule has 0 fully saturated rings. The number of nitrogens with zero attached hydrogens (tertiary/aromatic N) is 1. The summed E-state index contributed by atoms with van der Waals surface area (Å²) in [5.74, 6) is 0. The molecule has 0 radical (unpaired) electrons. The van der Waals surface area contributed by atoms with Crippen LogP contribution in [0.15, 0.2) is 48.5 Å². The first-order chi connectivity index (χ1) is 11.2. The third-order valence-electron chi connectivity index (χ3n) is 6.43. The summed E-state index contributed by atoms with van der Waals surface area (Å²) in [5.41, 5.74) is 7.36. The van der Waals surface area contributed by atoms with E-state index < -0.39 is 0 Å². The van der Waals surface area contributed by atoms with Crippen LogP contribution in [-0.2, 0) is 12.8 Å². The summed E-state index contributed by atoms with van der Waals surface area (Å²) in [4.78, 5) is 3.79. The molecule has 3 aromatic rings. The third kappa shape index (κ3) is 2.04. The molecule has 3 unspecified atom stereocenters. The van der Waals surface area contributed by atoms with Crippen molar-refractivity contribution in [2.75, 3.05) is 13.6 Å². The quantitative estimate of drug-likeness (QED) is 0.408. The number of aromatic nitrogens is 1. The van der Waals surface area contributed by atoms with Gasteiger partial charge in [-0.3, -0.25) is 0 Å². The van der Waals surface area contributed by atoms with Crippen LogP contribution in [0.2, 0.25) is 0 Å². The molecule has 0 spiro atoms. The summed E-state index contributed by atoms with van der Waals surface area (Å²) in [7, 11) is 2.46. The summed E-state index contributed by atoms with van der Waals surface area (Å²) < 4.78 is 1.14. The zero-order valence-corrected chi connectivity index (χ0v) is 16.4. The molecule has 2 nitrogen and oxygen atoms in total. The summed E-state index contributed by atoms with van der Waals surface area (Å²) in [5, 5.41) is 1.42. The predicted octanol–water partition coefficient (Wildman–Crippen LogP) is 1.21. The molecule has 2 aliphatic heterocycles. The monoisotopic (exact) mass is 430 g/mol. The van der Waals surface area contributed by atoms with Crippen molar-refractivity contribution in [3.8, 4) is 0 Å². The van der Waals surface area contributed by atoms with Crippen LogP contribution in [0.1, 0.15) is 35.3 Å². The average Bonchev–Trinajstić information content (AvgIpc) is 2.93. The second-order valence-electron chi connectivity index (χ2n) is 7.54. The summed E-state index contributed by atoms with van der Waals surface area (Å²) in [6.45, 7) is 3.67. The lowest BCUT2D eigenvalue weighted by Gasteiger charge is -2.52. The molecular weight excluding hydrogens is 407 g/mol. The van der Waals surface area contributed by atoms with Gasteiger partial charge >= 0.3 is 0 Å². The van der Waals surface area contributed by atoms with Gasteiger partial charge < -0.3 is 33.4 Å². The number of hydrogen-bond acceptors (Lipinski definition) is 0. The van der Waals surface area contributed by atoms with Crippen molar-refractivity contribution in [3.63, 3.8) is 0 Å². The highest BCUT2D eigenvalue weighted by Crippen LogP contribution is 2.47. The van der Waals surface area contributed by atoms with Gasteiger partial charge in [0.1, 0.15) is 0 Å². The van der Waals surface area contributed by atoms with Gasteiger partial charge in [0.15, 0.2) is 6.04 Å². The van der Waals surface area contributed by atoms with Crippen LogP contribution in [0, 0.1) is 0 Å². The summed E-state index contributed by atoms with van der Waals surface area (Å²) >= 11 is 0. The van der Waals surface area contributed by atoms with Crippen LogP contribution in [0.5, 0.6) is 0 Å². The number of likely N-dealkylation sites (N-methyl/N-ethyl adjacent to an activating group) is 1. The molecule has 0 bridgehead atoms. The van der Waals surface area contributed by atoms with E-state index in [1.165, 1.54) is 47.1 Å². The van der Waals surface area contributed by atoms with Gasteiger partial charge in [-0.15, -0.1) is 0 Å². The Morgan fingerprint density at radius 1 is 1.04 bits per heavy atom. The van der Waals surface area contributed by atoms with Gasteiger partial charge in [-0.1, -0.05) is 42.5 Å². The first-order valence-corrected chi connectivity index (χ1v) is 8.70. The van der Waals surface area contributed by atoms with E-state index >= 15 is 0 Å². The van der Waals surface area contributed by atoms with Crippen LogP contribution in [-0.4, -0.2) is 29.1 Å². The van der Waals surface area contributed by atoms with Crippen LogP contribution in [0.3, 0.4) is 0 Å². The molecular formula is C21H23IN2. The Hall–Kier alpha value is -1.33. The minimum absolute atomic E-state index is 0. The zero-order chi connectivity index (χ0) is 15.6. The van der Waals surface area contributed by atoms with E-state index in [0.717, 1.165) is 4.48 Å².